The van der Waals surface area contributed by atoms with Crippen molar-refractivity contribution >= 4 is 11.7 Å². The summed E-state index contributed by atoms with van der Waals surface area (Å²) in [6.45, 7) is 3.19. The molecule has 21 heavy (non-hydrogen) atoms. The SMILES string of the molecule is Cc1cc(F)cc(NC(C)(C(=O)O)c2cccc(O)c2)c1. The van der Waals surface area contributed by atoms with Gasteiger partial charge in [0.2, 0.25) is 0 Å². The van der Waals surface area contributed by atoms with Gasteiger partial charge in [0, 0.05) is 5.69 Å². The molecule has 0 bridgehead atoms. The van der Waals surface area contributed by atoms with Crippen LogP contribution in [0.3, 0.4) is 0 Å². The van der Waals surface area contributed by atoms with E-state index in [1.54, 1.807) is 25.1 Å². The zero-order valence-electron chi connectivity index (χ0n) is 11.7. The summed E-state index contributed by atoms with van der Waals surface area (Å²) in [4.78, 5) is 11.7. The number of carboxylic acids is 1. The molecule has 0 aliphatic heterocycles. The molecule has 5 heteroatoms. The number of benzene rings is 2. The van der Waals surface area contributed by atoms with Gasteiger partial charge in [-0.1, -0.05) is 12.1 Å². The van der Waals surface area contributed by atoms with Gasteiger partial charge >= 0.3 is 5.97 Å². The van der Waals surface area contributed by atoms with Crippen molar-refractivity contribution in [3.8, 4) is 5.75 Å². The van der Waals surface area contributed by atoms with E-state index in [4.69, 9.17) is 0 Å². The number of nitrogens with one attached hydrogen (secondary N) is 1. The molecule has 0 amide bonds. The van der Waals surface area contributed by atoms with Gasteiger partial charge in [-0.05, 0) is 55.3 Å². The van der Waals surface area contributed by atoms with E-state index in [2.05, 4.69) is 5.32 Å². The standard InChI is InChI=1S/C16H16FNO3/c1-10-6-12(17)9-13(7-10)18-16(2,15(20)21)11-4-3-5-14(19)8-11/h3-9,18-19H,1-2H3,(H,20,21). The maximum Gasteiger partial charge on any atom is 0.333 e. The molecule has 3 N–H and O–H groups in total. The molecule has 2 aromatic carbocycles. The average Bonchev–Trinajstić information content (AvgIpc) is 2.37. The Balaban J connectivity index is 2.45. The van der Waals surface area contributed by atoms with Gasteiger partial charge < -0.3 is 15.5 Å². The third kappa shape index (κ3) is 3.13. The Morgan fingerprint density at radius 2 is 1.95 bits per heavy atom. The highest BCUT2D eigenvalue weighted by molar-refractivity contribution is 5.84. The number of carbonyl (C=O) groups is 1. The smallest absolute Gasteiger partial charge is 0.333 e. The Kier molecular flexibility index (Phi) is 3.84. The minimum absolute atomic E-state index is 0.0304. The second-order valence-electron chi connectivity index (χ2n) is 5.12. The summed E-state index contributed by atoms with van der Waals surface area (Å²) in [5.74, 6) is -1.60. The fourth-order valence-corrected chi connectivity index (χ4v) is 2.16. The molecule has 1 atom stereocenters. The highest BCUT2D eigenvalue weighted by atomic mass is 19.1. The molecule has 0 fully saturated rings. The molecule has 2 aromatic rings. The molecule has 0 aliphatic rings. The number of aliphatic carboxylic acids is 1. The van der Waals surface area contributed by atoms with E-state index >= 15 is 0 Å². The predicted octanol–water partition coefficient (Wildman–Crippen LogP) is 3.25. The number of phenols is 1. The molecule has 110 valence electrons. The normalized spacial score (nSPS) is 13.5. The first-order chi connectivity index (χ1) is 9.81. The molecule has 2 rings (SSSR count). The Morgan fingerprint density at radius 3 is 2.52 bits per heavy atom. The van der Waals surface area contributed by atoms with E-state index in [9.17, 15) is 19.4 Å². The van der Waals surface area contributed by atoms with E-state index < -0.39 is 17.3 Å². The molecule has 0 saturated heterocycles. The van der Waals surface area contributed by atoms with E-state index in [0.717, 1.165) is 0 Å². The summed E-state index contributed by atoms with van der Waals surface area (Å²) in [5.41, 5.74) is -0.0716. The number of anilines is 1. The molecule has 4 nitrogen and oxygen atoms in total. The minimum atomic E-state index is -1.49. The number of halogens is 1. The lowest BCUT2D eigenvalue weighted by Gasteiger charge is -2.28. The zero-order valence-corrected chi connectivity index (χ0v) is 11.7. The molecular formula is C16H16FNO3. The van der Waals surface area contributed by atoms with Crippen molar-refractivity contribution in [1.29, 1.82) is 0 Å². The summed E-state index contributed by atoms with van der Waals surface area (Å²) < 4.78 is 13.4. The molecular weight excluding hydrogens is 273 g/mol. The fourth-order valence-electron chi connectivity index (χ4n) is 2.16. The van der Waals surface area contributed by atoms with Crippen molar-refractivity contribution in [1.82, 2.24) is 0 Å². The van der Waals surface area contributed by atoms with Crippen LogP contribution in [0.5, 0.6) is 5.75 Å². The predicted molar refractivity (Wildman–Crippen MR) is 77.9 cm³/mol. The van der Waals surface area contributed by atoms with Crippen molar-refractivity contribution in [2.45, 2.75) is 19.4 Å². The molecule has 1 unspecified atom stereocenters. The lowest BCUT2D eigenvalue weighted by Crippen LogP contribution is -2.40. The zero-order chi connectivity index (χ0) is 15.6. The van der Waals surface area contributed by atoms with Gasteiger partial charge in [-0.25, -0.2) is 9.18 Å². The van der Waals surface area contributed by atoms with Gasteiger partial charge in [0.25, 0.3) is 0 Å². The van der Waals surface area contributed by atoms with E-state index in [1.807, 2.05) is 0 Å². The van der Waals surface area contributed by atoms with E-state index in [1.165, 1.54) is 31.2 Å². The molecule has 0 aliphatic carbocycles. The highest BCUT2D eigenvalue weighted by Gasteiger charge is 2.35. The second kappa shape index (κ2) is 5.44. The number of rotatable bonds is 4. The van der Waals surface area contributed by atoms with Crippen LogP contribution in [-0.2, 0) is 10.3 Å². The van der Waals surface area contributed by atoms with E-state index in [-0.39, 0.29) is 5.75 Å². The van der Waals surface area contributed by atoms with Gasteiger partial charge in [0.05, 0.1) is 0 Å². The quantitative estimate of drug-likeness (QED) is 0.808. The first-order valence-electron chi connectivity index (χ1n) is 6.39. The summed E-state index contributed by atoms with van der Waals surface area (Å²) >= 11 is 0. The third-order valence-corrected chi connectivity index (χ3v) is 3.29. The molecule has 0 aromatic heterocycles. The van der Waals surface area contributed by atoms with Crippen molar-refractivity contribution in [2.75, 3.05) is 5.32 Å². The Morgan fingerprint density at radius 1 is 1.24 bits per heavy atom. The van der Waals surface area contributed by atoms with Gasteiger partial charge in [-0.2, -0.15) is 0 Å². The van der Waals surface area contributed by atoms with Gasteiger partial charge in [0.15, 0.2) is 5.54 Å². The van der Waals surface area contributed by atoms with Crippen molar-refractivity contribution in [3.63, 3.8) is 0 Å². The van der Waals surface area contributed by atoms with Crippen molar-refractivity contribution in [2.24, 2.45) is 0 Å². The van der Waals surface area contributed by atoms with Crippen LogP contribution < -0.4 is 5.32 Å². The van der Waals surface area contributed by atoms with Gasteiger partial charge in [0.1, 0.15) is 11.6 Å². The van der Waals surface area contributed by atoms with Crippen LogP contribution in [0.1, 0.15) is 18.1 Å². The summed E-state index contributed by atoms with van der Waals surface area (Å²) in [5, 5.41) is 21.9. The number of aromatic hydroxyl groups is 1. The monoisotopic (exact) mass is 289 g/mol. The van der Waals surface area contributed by atoms with Crippen LogP contribution >= 0.6 is 0 Å². The average molecular weight is 289 g/mol. The van der Waals surface area contributed by atoms with Gasteiger partial charge in [-0.3, -0.25) is 0 Å². The lowest BCUT2D eigenvalue weighted by atomic mass is 9.91. The lowest BCUT2D eigenvalue weighted by molar-refractivity contribution is -0.142. The molecule has 0 saturated carbocycles. The van der Waals surface area contributed by atoms with Crippen LogP contribution in [0.2, 0.25) is 0 Å². The Bertz CT molecular complexity index is 667. The number of aryl methyl sites for hydroxylation is 1. The summed E-state index contributed by atoms with van der Waals surface area (Å²) in [6.07, 6.45) is 0. The third-order valence-electron chi connectivity index (χ3n) is 3.29. The second-order valence-corrected chi connectivity index (χ2v) is 5.12. The number of carboxylic acid groups (broad SMARTS) is 1. The molecule has 0 spiro atoms. The van der Waals surface area contributed by atoms with Crippen molar-refractivity contribution < 1.29 is 19.4 Å². The first-order valence-corrected chi connectivity index (χ1v) is 6.39. The van der Waals surface area contributed by atoms with E-state index in [0.29, 0.717) is 16.8 Å². The van der Waals surface area contributed by atoms with Crippen LogP contribution in [0, 0.1) is 12.7 Å². The number of phenolic OH excluding ortho intramolecular Hbond substituents is 1. The summed E-state index contributed by atoms with van der Waals surface area (Å²) in [6, 6.07) is 10.2. The first kappa shape index (κ1) is 14.8. The highest BCUT2D eigenvalue weighted by Crippen LogP contribution is 2.29. The van der Waals surface area contributed by atoms with Crippen LogP contribution in [0.4, 0.5) is 10.1 Å². The Hall–Kier alpha value is -2.56. The number of hydrogen-bond acceptors (Lipinski definition) is 3. The van der Waals surface area contributed by atoms with Gasteiger partial charge in [-0.15, -0.1) is 0 Å². The van der Waals surface area contributed by atoms with Crippen molar-refractivity contribution in [3.05, 3.63) is 59.4 Å². The maximum absolute atomic E-state index is 13.4. The van der Waals surface area contributed by atoms with Crippen LogP contribution in [0.15, 0.2) is 42.5 Å². The molecule has 0 radical (unpaired) electrons. The van der Waals surface area contributed by atoms with Crippen LogP contribution in [0.25, 0.3) is 0 Å². The fraction of sp³-hybridized carbons (Fsp3) is 0.188. The number of hydrogen-bond donors (Lipinski definition) is 3. The maximum atomic E-state index is 13.4. The molecule has 0 heterocycles. The van der Waals surface area contributed by atoms with Crippen LogP contribution in [-0.4, -0.2) is 16.2 Å². The Labute approximate surface area is 121 Å². The summed E-state index contributed by atoms with van der Waals surface area (Å²) in [7, 11) is 0. The minimum Gasteiger partial charge on any atom is -0.508 e. The topological polar surface area (TPSA) is 69.6 Å². The largest absolute Gasteiger partial charge is 0.508 e.